The molecule has 1 saturated carbocycles. The summed E-state index contributed by atoms with van der Waals surface area (Å²) in [5.74, 6) is 2.63. The molecular formula is C18H18N6O2. The molecule has 8 heteroatoms. The lowest BCUT2D eigenvalue weighted by Gasteiger charge is -2.25. The van der Waals surface area contributed by atoms with E-state index in [1.54, 1.807) is 30.4 Å². The Bertz CT molecular complexity index is 1010. The fourth-order valence-corrected chi connectivity index (χ4v) is 3.12. The van der Waals surface area contributed by atoms with Crippen LogP contribution in [0.5, 0.6) is 5.75 Å². The number of pyridine rings is 2. The lowest BCUT2D eigenvalue weighted by Crippen LogP contribution is -2.35. The number of aromatic nitrogens is 4. The van der Waals surface area contributed by atoms with E-state index in [4.69, 9.17) is 4.74 Å². The Hall–Kier alpha value is -3.16. The van der Waals surface area contributed by atoms with Gasteiger partial charge >= 0.3 is 0 Å². The third-order valence-electron chi connectivity index (χ3n) is 4.85. The van der Waals surface area contributed by atoms with E-state index in [0.717, 1.165) is 23.5 Å². The van der Waals surface area contributed by atoms with Gasteiger partial charge in [-0.2, -0.15) is 0 Å². The number of imidazole rings is 1. The third kappa shape index (κ3) is 2.63. The molecular weight excluding hydrogens is 332 g/mol. The quantitative estimate of drug-likeness (QED) is 0.777. The van der Waals surface area contributed by atoms with E-state index in [-0.39, 0.29) is 12.5 Å². The van der Waals surface area contributed by atoms with Crippen LogP contribution in [0.15, 0.2) is 30.9 Å². The van der Waals surface area contributed by atoms with Crippen LogP contribution in [-0.2, 0) is 11.3 Å². The van der Waals surface area contributed by atoms with Gasteiger partial charge in [-0.25, -0.2) is 15.0 Å². The Morgan fingerprint density at radius 2 is 2.00 bits per heavy atom. The zero-order valence-electron chi connectivity index (χ0n) is 14.3. The Kier molecular flexibility index (Phi) is 3.31. The lowest BCUT2D eigenvalue weighted by molar-refractivity contribution is -0.120. The van der Waals surface area contributed by atoms with Gasteiger partial charge in [-0.15, -0.1) is 0 Å². The summed E-state index contributed by atoms with van der Waals surface area (Å²) in [5, 5.41) is 3.21. The summed E-state index contributed by atoms with van der Waals surface area (Å²) in [7, 11) is 1.72. The summed E-state index contributed by atoms with van der Waals surface area (Å²) in [6.45, 7) is 1.04. The van der Waals surface area contributed by atoms with Crippen molar-refractivity contribution in [1.29, 1.82) is 0 Å². The smallest absolute Gasteiger partial charge is 0.264 e. The predicted molar refractivity (Wildman–Crippen MR) is 96.7 cm³/mol. The predicted octanol–water partition coefficient (Wildman–Crippen LogP) is 2.34. The van der Waals surface area contributed by atoms with Crippen LogP contribution < -0.4 is 15.0 Å². The van der Waals surface area contributed by atoms with Crippen molar-refractivity contribution in [1.82, 2.24) is 19.5 Å². The zero-order chi connectivity index (χ0) is 17.7. The van der Waals surface area contributed by atoms with E-state index in [2.05, 4.69) is 24.8 Å². The van der Waals surface area contributed by atoms with Crippen LogP contribution in [0, 0.1) is 5.92 Å². The number of ether oxygens (including phenoxy) is 1. The topological polar surface area (TPSA) is 85.2 Å². The second-order valence-electron chi connectivity index (χ2n) is 6.80. The SMILES string of the molecule is CN1C(=O)COc2cc(Nc3cc4c(cn3)ncn4CC3CC3)ncc21. The highest BCUT2D eigenvalue weighted by Gasteiger charge is 2.24. The van der Waals surface area contributed by atoms with Crippen molar-refractivity contribution < 1.29 is 9.53 Å². The van der Waals surface area contributed by atoms with Crippen molar-refractivity contribution in [2.45, 2.75) is 19.4 Å². The van der Waals surface area contributed by atoms with Gasteiger partial charge in [-0.05, 0) is 18.8 Å². The average Bonchev–Trinajstić information content (AvgIpc) is 3.38. The highest BCUT2D eigenvalue weighted by Crippen LogP contribution is 2.34. The van der Waals surface area contributed by atoms with Gasteiger partial charge in [0.1, 0.15) is 28.6 Å². The van der Waals surface area contributed by atoms with Crippen molar-refractivity contribution in [3.05, 3.63) is 30.9 Å². The van der Waals surface area contributed by atoms with Gasteiger partial charge < -0.3 is 19.5 Å². The van der Waals surface area contributed by atoms with Crippen LogP contribution >= 0.6 is 0 Å². The normalized spacial score (nSPS) is 16.5. The van der Waals surface area contributed by atoms with E-state index >= 15 is 0 Å². The molecule has 3 aromatic rings. The summed E-state index contributed by atoms with van der Waals surface area (Å²) < 4.78 is 7.69. The van der Waals surface area contributed by atoms with Gasteiger partial charge in [-0.3, -0.25) is 4.79 Å². The molecule has 1 amide bonds. The Morgan fingerprint density at radius 1 is 1.19 bits per heavy atom. The molecule has 1 N–H and O–H groups in total. The van der Waals surface area contributed by atoms with Gasteiger partial charge in [0.05, 0.1) is 24.2 Å². The second kappa shape index (κ2) is 5.69. The Labute approximate surface area is 149 Å². The number of rotatable bonds is 4. The fourth-order valence-electron chi connectivity index (χ4n) is 3.12. The van der Waals surface area contributed by atoms with Crippen LogP contribution in [0.2, 0.25) is 0 Å². The molecule has 26 heavy (non-hydrogen) atoms. The first-order chi connectivity index (χ1) is 12.7. The number of nitrogens with zero attached hydrogens (tertiary/aromatic N) is 5. The highest BCUT2D eigenvalue weighted by molar-refractivity contribution is 5.97. The number of amides is 1. The molecule has 4 heterocycles. The van der Waals surface area contributed by atoms with Crippen LogP contribution in [0.25, 0.3) is 11.0 Å². The lowest BCUT2D eigenvalue weighted by atomic mass is 10.3. The summed E-state index contributed by atoms with van der Waals surface area (Å²) >= 11 is 0. The summed E-state index contributed by atoms with van der Waals surface area (Å²) in [6.07, 6.45) is 7.87. The number of nitrogens with one attached hydrogen (secondary N) is 1. The molecule has 8 nitrogen and oxygen atoms in total. The summed E-state index contributed by atoms with van der Waals surface area (Å²) in [6, 6.07) is 3.77. The Balaban J connectivity index is 1.43. The van der Waals surface area contributed by atoms with Gasteiger partial charge in [0.25, 0.3) is 5.91 Å². The molecule has 132 valence electrons. The number of likely N-dealkylation sites (N-methyl/N-ethyl adjacent to an activating group) is 1. The molecule has 0 radical (unpaired) electrons. The van der Waals surface area contributed by atoms with Gasteiger partial charge in [0.15, 0.2) is 6.61 Å². The number of hydrogen-bond acceptors (Lipinski definition) is 6. The molecule has 0 bridgehead atoms. The van der Waals surface area contributed by atoms with E-state index in [0.29, 0.717) is 23.1 Å². The van der Waals surface area contributed by atoms with E-state index in [1.165, 1.54) is 12.8 Å². The maximum absolute atomic E-state index is 11.7. The molecule has 1 fully saturated rings. The maximum Gasteiger partial charge on any atom is 0.264 e. The highest BCUT2D eigenvalue weighted by atomic mass is 16.5. The maximum atomic E-state index is 11.7. The molecule has 1 aliphatic carbocycles. The van der Waals surface area contributed by atoms with Crippen LogP contribution in [-0.4, -0.2) is 39.1 Å². The van der Waals surface area contributed by atoms with Gasteiger partial charge in [0.2, 0.25) is 0 Å². The first-order valence-electron chi connectivity index (χ1n) is 8.65. The monoisotopic (exact) mass is 350 g/mol. The molecule has 3 aromatic heterocycles. The standard InChI is InChI=1S/C18H18N6O2/c1-23-14-7-20-17(5-15(14)26-9-18(23)25)22-16-4-13-12(6-19-16)21-10-24(13)8-11-2-3-11/h4-7,10-11H,2-3,8-9H2,1H3,(H,19,20,22). The Morgan fingerprint density at radius 3 is 2.85 bits per heavy atom. The fraction of sp³-hybridized carbons (Fsp3) is 0.333. The van der Waals surface area contributed by atoms with E-state index in [9.17, 15) is 4.79 Å². The molecule has 1 aliphatic heterocycles. The van der Waals surface area contributed by atoms with Crippen molar-refractivity contribution in [3.8, 4) is 5.75 Å². The largest absolute Gasteiger partial charge is 0.481 e. The molecule has 0 unspecified atom stereocenters. The first kappa shape index (κ1) is 15.1. The number of carbonyl (C=O) groups is 1. The first-order valence-corrected chi connectivity index (χ1v) is 8.65. The molecule has 0 atom stereocenters. The van der Waals surface area contributed by atoms with Crippen LogP contribution in [0.3, 0.4) is 0 Å². The number of anilines is 3. The van der Waals surface area contributed by atoms with Crippen molar-refractivity contribution in [2.24, 2.45) is 5.92 Å². The summed E-state index contributed by atoms with van der Waals surface area (Å²) in [4.78, 5) is 26.4. The van der Waals surface area contributed by atoms with E-state index in [1.807, 2.05) is 12.4 Å². The minimum atomic E-state index is -0.0870. The third-order valence-corrected chi connectivity index (χ3v) is 4.85. The molecule has 0 saturated heterocycles. The van der Waals surface area contributed by atoms with Crippen LogP contribution in [0.1, 0.15) is 12.8 Å². The van der Waals surface area contributed by atoms with E-state index < -0.39 is 0 Å². The van der Waals surface area contributed by atoms with Crippen molar-refractivity contribution in [3.63, 3.8) is 0 Å². The second-order valence-corrected chi connectivity index (χ2v) is 6.80. The molecule has 0 spiro atoms. The minimum absolute atomic E-state index is 0.0392. The minimum Gasteiger partial charge on any atom is -0.481 e. The number of fused-ring (bicyclic) bond motifs is 2. The van der Waals surface area contributed by atoms with Crippen LogP contribution in [0.4, 0.5) is 17.3 Å². The average molecular weight is 350 g/mol. The molecule has 5 rings (SSSR count). The number of carbonyl (C=O) groups excluding carboxylic acids is 1. The van der Waals surface area contributed by atoms with Crippen molar-refractivity contribution >= 4 is 34.3 Å². The van der Waals surface area contributed by atoms with Crippen molar-refractivity contribution in [2.75, 3.05) is 23.9 Å². The molecule has 0 aromatic carbocycles. The molecule has 2 aliphatic rings. The summed E-state index contributed by atoms with van der Waals surface area (Å²) in [5.41, 5.74) is 2.62. The van der Waals surface area contributed by atoms with Gasteiger partial charge in [0, 0.05) is 25.7 Å². The zero-order valence-corrected chi connectivity index (χ0v) is 14.3. The number of hydrogen-bond donors (Lipinski definition) is 1. The van der Waals surface area contributed by atoms with Gasteiger partial charge in [-0.1, -0.05) is 0 Å².